The van der Waals surface area contributed by atoms with Crippen LogP contribution in [-0.4, -0.2) is 25.4 Å². The van der Waals surface area contributed by atoms with E-state index < -0.39 is 12.0 Å². The quantitative estimate of drug-likeness (QED) is 0.578. The van der Waals surface area contributed by atoms with Crippen LogP contribution in [0.3, 0.4) is 0 Å². The third-order valence-electron chi connectivity index (χ3n) is 2.05. The van der Waals surface area contributed by atoms with Crippen LogP contribution >= 0.6 is 0 Å². The van der Waals surface area contributed by atoms with Gasteiger partial charge in [-0.15, -0.1) is 0 Å². The summed E-state index contributed by atoms with van der Waals surface area (Å²) in [5.74, 6) is -0.452. The van der Waals surface area contributed by atoms with E-state index in [9.17, 15) is 9.59 Å². The van der Waals surface area contributed by atoms with Gasteiger partial charge in [0.15, 0.2) is 0 Å². The number of carbonyl (C=O) groups excluding carboxylic acids is 2. The highest BCUT2D eigenvalue weighted by molar-refractivity contribution is 5.77. The van der Waals surface area contributed by atoms with Crippen molar-refractivity contribution in [2.45, 2.75) is 12.5 Å². The molecule has 80 valence electrons. The number of hydrogen-bond acceptors (Lipinski definition) is 4. The molecule has 0 aliphatic carbocycles. The number of carbonyl (C=O) groups is 2. The van der Waals surface area contributed by atoms with Crippen molar-refractivity contribution in [1.82, 2.24) is 0 Å². The molecule has 0 spiro atoms. The fourth-order valence-corrected chi connectivity index (χ4v) is 1.28. The van der Waals surface area contributed by atoms with E-state index in [0.717, 1.165) is 11.8 Å². The van der Waals surface area contributed by atoms with E-state index >= 15 is 0 Å². The number of methoxy groups -OCH3 is 1. The molecule has 0 saturated carbocycles. The summed E-state index contributed by atoms with van der Waals surface area (Å²) < 4.78 is 4.51. The van der Waals surface area contributed by atoms with E-state index in [-0.39, 0.29) is 0 Å². The molecule has 1 aromatic rings. The van der Waals surface area contributed by atoms with E-state index in [4.69, 9.17) is 5.73 Å². The molecule has 1 rings (SSSR count). The zero-order chi connectivity index (χ0) is 11.3. The van der Waals surface area contributed by atoms with Crippen molar-refractivity contribution < 1.29 is 14.3 Å². The van der Waals surface area contributed by atoms with Crippen molar-refractivity contribution >= 4 is 12.3 Å². The van der Waals surface area contributed by atoms with Gasteiger partial charge in [0.2, 0.25) is 0 Å². The standard InChI is InChI=1S/C11H13NO3/c1-15-11(14)10(12)6-8-3-2-4-9(5-8)7-13/h2-5,7,10H,6,12H2,1H3/t10-/m0/s1. The van der Waals surface area contributed by atoms with Gasteiger partial charge in [0.05, 0.1) is 7.11 Å². The van der Waals surface area contributed by atoms with Gasteiger partial charge in [0, 0.05) is 5.56 Å². The van der Waals surface area contributed by atoms with Gasteiger partial charge >= 0.3 is 5.97 Å². The summed E-state index contributed by atoms with van der Waals surface area (Å²) in [5.41, 5.74) is 7.01. The molecule has 0 aliphatic rings. The lowest BCUT2D eigenvalue weighted by molar-refractivity contribution is -0.142. The number of nitrogens with two attached hydrogens (primary N) is 1. The van der Waals surface area contributed by atoms with Crippen LogP contribution in [-0.2, 0) is 16.0 Å². The zero-order valence-electron chi connectivity index (χ0n) is 8.47. The first-order chi connectivity index (χ1) is 7.17. The third kappa shape index (κ3) is 3.18. The van der Waals surface area contributed by atoms with Crippen molar-refractivity contribution in [3.8, 4) is 0 Å². The van der Waals surface area contributed by atoms with Gasteiger partial charge in [0.25, 0.3) is 0 Å². The summed E-state index contributed by atoms with van der Waals surface area (Å²) >= 11 is 0. The number of hydrogen-bond donors (Lipinski definition) is 1. The molecule has 4 heteroatoms. The minimum atomic E-state index is -0.683. The Morgan fingerprint density at radius 2 is 2.33 bits per heavy atom. The van der Waals surface area contributed by atoms with Gasteiger partial charge in [-0.25, -0.2) is 0 Å². The lowest BCUT2D eigenvalue weighted by Gasteiger charge is -2.09. The zero-order valence-corrected chi connectivity index (χ0v) is 8.47. The normalized spacial score (nSPS) is 11.9. The Hall–Kier alpha value is -1.68. The Morgan fingerprint density at radius 3 is 2.93 bits per heavy atom. The molecule has 0 aromatic heterocycles. The fourth-order valence-electron chi connectivity index (χ4n) is 1.28. The van der Waals surface area contributed by atoms with Gasteiger partial charge in [-0.05, 0) is 18.1 Å². The van der Waals surface area contributed by atoms with Crippen LogP contribution < -0.4 is 5.73 Å². The second kappa shape index (κ2) is 5.26. The van der Waals surface area contributed by atoms with E-state index in [1.807, 2.05) is 6.07 Å². The molecule has 0 saturated heterocycles. The second-order valence-corrected chi connectivity index (χ2v) is 3.20. The number of esters is 1. The summed E-state index contributed by atoms with van der Waals surface area (Å²) in [5, 5.41) is 0. The highest BCUT2D eigenvalue weighted by atomic mass is 16.5. The smallest absolute Gasteiger partial charge is 0.322 e. The van der Waals surface area contributed by atoms with Crippen LogP contribution in [0.2, 0.25) is 0 Å². The second-order valence-electron chi connectivity index (χ2n) is 3.20. The summed E-state index contributed by atoms with van der Waals surface area (Å²) in [4.78, 5) is 21.6. The highest BCUT2D eigenvalue weighted by Gasteiger charge is 2.13. The minimum Gasteiger partial charge on any atom is -0.468 e. The number of aldehydes is 1. The molecule has 0 bridgehead atoms. The van der Waals surface area contributed by atoms with E-state index in [1.54, 1.807) is 18.2 Å². The van der Waals surface area contributed by atoms with Crippen molar-refractivity contribution in [1.29, 1.82) is 0 Å². The average Bonchev–Trinajstić information content (AvgIpc) is 2.28. The van der Waals surface area contributed by atoms with Crippen LogP contribution in [0.4, 0.5) is 0 Å². The predicted molar refractivity (Wildman–Crippen MR) is 55.5 cm³/mol. The topological polar surface area (TPSA) is 69.4 Å². The molecule has 0 amide bonds. The molecule has 0 aliphatic heterocycles. The molecule has 15 heavy (non-hydrogen) atoms. The maximum absolute atomic E-state index is 11.1. The molecule has 0 unspecified atom stereocenters. The summed E-state index contributed by atoms with van der Waals surface area (Å²) in [7, 11) is 1.30. The number of benzene rings is 1. The van der Waals surface area contributed by atoms with Crippen molar-refractivity contribution in [2.24, 2.45) is 5.73 Å². The Bertz CT molecular complexity index is 363. The number of rotatable bonds is 4. The molecular weight excluding hydrogens is 194 g/mol. The van der Waals surface area contributed by atoms with Crippen LogP contribution in [0.15, 0.2) is 24.3 Å². The third-order valence-corrected chi connectivity index (χ3v) is 2.05. The van der Waals surface area contributed by atoms with Gasteiger partial charge in [-0.3, -0.25) is 9.59 Å². The van der Waals surface area contributed by atoms with E-state index in [0.29, 0.717) is 12.0 Å². The van der Waals surface area contributed by atoms with Gasteiger partial charge in [-0.2, -0.15) is 0 Å². The Balaban J connectivity index is 2.71. The SMILES string of the molecule is COC(=O)[C@@H](N)Cc1cccc(C=O)c1. The molecule has 0 fully saturated rings. The van der Waals surface area contributed by atoms with Crippen LogP contribution in [0.1, 0.15) is 15.9 Å². The first-order valence-corrected chi connectivity index (χ1v) is 4.55. The van der Waals surface area contributed by atoms with Gasteiger partial charge in [0.1, 0.15) is 12.3 Å². The van der Waals surface area contributed by atoms with E-state index in [1.165, 1.54) is 7.11 Å². The lowest BCUT2D eigenvalue weighted by Crippen LogP contribution is -2.33. The monoisotopic (exact) mass is 207 g/mol. The van der Waals surface area contributed by atoms with Crippen molar-refractivity contribution in [3.05, 3.63) is 35.4 Å². The molecule has 2 N–H and O–H groups in total. The fraction of sp³-hybridized carbons (Fsp3) is 0.273. The van der Waals surface area contributed by atoms with Crippen LogP contribution in [0.5, 0.6) is 0 Å². The minimum absolute atomic E-state index is 0.369. The maximum Gasteiger partial charge on any atom is 0.322 e. The average molecular weight is 207 g/mol. The Kier molecular flexibility index (Phi) is 4.00. The lowest BCUT2D eigenvalue weighted by atomic mass is 10.0. The predicted octanol–water partition coefficient (Wildman–Crippen LogP) is 0.542. The first-order valence-electron chi connectivity index (χ1n) is 4.55. The molecule has 1 atom stereocenters. The van der Waals surface area contributed by atoms with Gasteiger partial charge < -0.3 is 10.5 Å². The highest BCUT2D eigenvalue weighted by Crippen LogP contribution is 2.06. The molecular formula is C11H13NO3. The summed E-state index contributed by atoms with van der Waals surface area (Å²) in [6.07, 6.45) is 1.13. The largest absolute Gasteiger partial charge is 0.468 e. The summed E-state index contributed by atoms with van der Waals surface area (Å²) in [6.45, 7) is 0. The van der Waals surface area contributed by atoms with E-state index in [2.05, 4.69) is 4.74 Å². The first kappa shape index (κ1) is 11.4. The Labute approximate surface area is 88.0 Å². The maximum atomic E-state index is 11.1. The molecule has 1 aromatic carbocycles. The van der Waals surface area contributed by atoms with Crippen molar-refractivity contribution in [3.63, 3.8) is 0 Å². The molecule has 0 heterocycles. The molecule has 4 nitrogen and oxygen atoms in total. The van der Waals surface area contributed by atoms with Crippen LogP contribution in [0, 0.1) is 0 Å². The molecule has 0 radical (unpaired) electrons. The van der Waals surface area contributed by atoms with Crippen LogP contribution in [0.25, 0.3) is 0 Å². The van der Waals surface area contributed by atoms with Gasteiger partial charge in [-0.1, -0.05) is 18.2 Å². The Morgan fingerprint density at radius 1 is 1.60 bits per heavy atom. The van der Waals surface area contributed by atoms with Crippen molar-refractivity contribution in [2.75, 3.05) is 7.11 Å². The summed E-state index contributed by atoms with van der Waals surface area (Å²) in [6, 6.07) is 6.28. The number of ether oxygens (including phenoxy) is 1.